The zero-order chi connectivity index (χ0) is 12.5. The molecule has 0 aromatic heterocycles. The van der Waals surface area contributed by atoms with E-state index in [0.29, 0.717) is 6.10 Å². The van der Waals surface area contributed by atoms with Crippen molar-refractivity contribution >= 4 is 11.6 Å². The van der Waals surface area contributed by atoms with Gasteiger partial charge in [0.1, 0.15) is 0 Å². The van der Waals surface area contributed by atoms with Crippen LogP contribution in [-0.2, 0) is 4.74 Å². The van der Waals surface area contributed by atoms with Crippen LogP contribution in [0.1, 0.15) is 65.2 Å². The monoisotopic (exact) mass is 258 g/mol. The van der Waals surface area contributed by atoms with Crippen molar-refractivity contribution in [2.75, 3.05) is 0 Å². The first-order valence-corrected chi connectivity index (χ1v) is 7.66. The summed E-state index contributed by atoms with van der Waals surface area (Å²) in [4.78, 5) is 0. The van der Waals surface area contributed by atoms with Gasteiger partial charge in [0.05, 0.1) is 17.6 Å². The molecule has 0 aromatic rings. The summed E-state index contributed by atoms with van der Waals surface area (Å²) in [6.45, 7) is 4.44. The van der Waals surface area contributed by atoms with Gasteiger partial charge in [-0.1, -0.05) is 51.7 Å². The second-order valence-electron chi connectivity index (χ2n) is 5.04. The highest BCUT2D eigenvalue weighted by Crippen LogP contribution is 2.24. The molecule has 0 fully saturated rings. The van der Waals surface area contributed by atoms with E-state index in [1.807, 2.05) is 0 Å². The molecule has 3 atom stereocenters. The summed E-state index contributed by atoms with van der Waals surface area (Å²) in [5.41, 5.74) is 0. The van der Waals surface area contributed by atoms with Gasteiger partial charge in [0.25, 0.3) is 0 Å². The van der Waals surface area contributed by atoms with Crippen molar-refractivity contribution in [3.63, 3.8) is 0 Å². The molecule has 17 heavy (non-hydrogen) atoms. The summed E-state index contributed by atoms with van der Waals surface area (Å²) in [6, 6.07) is 0. The Morgan fingerprint density at radius 3 is 2.65 bits per heavy atom. The van der Waals surface area contributed by atoms with Crippen molar-refractivity contribution in [2.24, 2.45) is 0 Å². The molecule has 1 nitrogen and oxygen atoms in total. The minimum absolute atomic E-state index is 0.184. The predicted molar refractivity (Wildman–Crippen MR) is 75.7 cm³/mol. The molecule has 0 aromatic carbocycles. The van der Waals surface area contributed by atoms with Crippen LogP contribution in [0.2, 0.25) is 0 Å². The number of halogens is 1. The minimum Gasteiger partial charge on any atom is -0.373 e. The van der Waals surface area contributed by atoms with Crippen LogP contribution >= 0.6 is 11.6 Å². The number of ether oxygens (including phenoxy) is 1. The average molecular weight is 259 g/mol. The Morgan fingerprint density at radius 1 is 1.18 bits per heavy atom. The predicted octanol–water partition coefficient (Wildman–Crippen LogP) is 5.08. The summed E-state index contributed by atoms with van der Waals surface area (Å²) >= 11 is 6.47. The van der Waals surface area contributed by atoms with Crippen molar-refractivity contribution in [2.45, 2.75) is 82.8 Å². The third-order valence-corrected chi connectivity index (χ3v) is 3.90. The Balaban J connectivity index is 2.36. The maximum Gasteiger partial charge on any atom is 0.0776 e. The van der Waals surface area contributed by atoms with Gasteiger partial charge in [-0.05, 0) is 25.7 Å². The molecular weight excluding hydrogens is 232 g/mol. The van der Waals surface area contributed by atoms with Gasteiger partial charge in [0, 0.05) is 0 Å². The lowest BCUT2D eigenvalue weighted by molar-refractivity contribution is -0.0124. The van der Waals surface area contributed by atoms with Crippen molar-refractivity contribution in [3.05, 3.63) is 12.2 Å². The molecule has 0 saturated heterocycles. The number of hydrogen-bond acceptors (Lipinski definition) is 1. The molecule has 0 saturated carbocycles. The van der Waals surface area contributed by atoms with Gasteiger partial charge in [0.2, 0.25) is 0 Å². The van der Waals surface area contributed by atoms with Crippen LogP contribution in [0.25, 0.3) is 0 Å². The van der Waals surface area contributed by atoms with Crippen LogP contribution in [0.3, 0.4) is 0 Å². The first kappa shape index (κ1) is 15.0. The Kier molecular flexibility index (Phi) is 7.96. The fourth-order valence-corrected chi connectivity index (χ4v) is 2.67. The van der Waals surface area contributed by atoms with Crippen molar-refractivity contribution < 1.29 is 4.74 Å². The van der Waals surface area contributed by atoms with Gasteiger partial charge in [0.15, 0.2) is 0 Å². The van der Waals surface area contributed by atoms with E-state index >= 15 is 0 Å². The quantitative estimate of drug-likeness (QED) is 0.352. The van der Waals surface area contributed by atoms with Gasteiger partial charge in [-0.3, -0.25) is 0 Å². The number of hydrogen-bond donors (Lipinski definition) is 0. The van der Waals surface area contributed by atoms with E-state index in [-0.39, 0.29) is 11.5 Å². The molecule has 0 amide bonds. The van der Waals surface area contributed by atoms with Gasteiger partial charge >= 0.3 is 0 Å². The number of unbranched alkanes of at least 4 members (excludes halogenated alkanes) is 2. The maximum absolute atomic E-state index is 6.47. The third-order valence-electron chi connectivity index (χ3n) is 3.40. The van der Waals surface area contributed by atoms with Crippen LogP contribution in [0.4, 0.5) is 0 Å². The van der Waals surface area contributed by atoms with E-state index in [1.54, 1.807) is 0 Å². The molecule has 1 aliphatic rings. The van der Waals surface area contributed by atoms with E-state index in [0.717, 1.165) is 25.7 Å². The lowest BCUT2D eigenvalue weighted by Crippen LogP contribution is -2.28. The zero-order valence-electron chi connectivity index (χ0n) is 11.3. The summed E-state index contributed by atoms with van der Waals surface area (Å²) < 4.78 is 6.15. The van der Waals surface area contributed by atoms with E-state index in [4.69, 9.17) is 16.3 Å². The fraction of sp³-hybridized carbons (Fsp3) is 0.867. The van der Waals surface area contributed by atoms with Crippen LogP contribution in [-0.4, -0.2) is 17.6 Å². The normalized spacial score (nSPS) is 26.8. The second kappa shape index (κ2) is 8.99. The summed E-state index contributed by atoms with van der Waals surface area (Å²) in [5.74, 6) is 0. The molecule has 0 bridgehead atoms. The SMILES string of the molecule is CCCCCC(Cl)[C@H]1CC=CC[C@@H](CCC)O1. The number of rotatable bonds is 7. The topological polar surface area (TPSA) is 9.23 Å². The fourth-order valence-electron chi connectivity index (χ4n) is 2.35. The zero-order valence-corrected chi connectivity index (χ0v) is 12.1. The molecule has 0 spiro atoms. The largest absolute Gasteiger partial charge is 0.373 e. The highest BCUT2D eigenvalue weighted by molar-refractivity contribution is 6.21. The first-order chi connectivity index (χ1) is 8.27. The Hall–Kier alpha value is -0.0100. The van der Waals surface area contributed by atoms with Crippen LogP contribution in [0.5, 0.6) is 0 Å². The Bertz CT molecular complexity index is 215. The van der Waals surface area contributed by atoms with E-state index in [9.17, 15) is 0 Å². The van der Waals surface area contributed by atoms with Crippen LogP contribution < -0.4 is 0 Å². The third kappa shape index (κ3) is 5.92. The molecule has 1 unspecified atom stereocenters. The number of alkyl halides is 1. The Morgan fingerprint density at radius 2 is 1.94 bits per heavy atom. The molecule has 1 heterocycles. The lowest BCUT2D eigenvalue weighted by atomic mass is 10.1. The molecule has 1 aliphatic heterocycles. The van der Waals surface area contributed by atoms with Crippen molar-refractivity contribution in [3.8, 4) is 0 Å². The second-order valence-corrected chi connectivity index (χ2v) is 5.60. The molecule has 1 rings (SSSR count). The van der Waals surface area contributed by atoms with Crippen molar-refractivity contribution in [1.82, 2.24) is 0 Å². The Labute approximate surface area is 112 Å². The molecule has 0 aliphatic carbocycles. The highest BCUT2D eigenvalue weighted by atomic mass is 35.5. The minimum atomic E-state index is 0.184. The first-order valence-electron chi connectivity index (χ1n) is 7.22. The smallest absolute Gasteiger partial charge is 0.0776 e. The molecule has 100 valence electrons. The lowest BCUT2D eigenvalue weighted by Gasteiger charge is -2.25. The summed E-state index contributed by atoms with van der Waals surface area (Å²) in [6.07, 6.45) is 14.4. The maximum atomic E-state index is 6.47. The van der Waals surface area contributed by atoms with Crippen LogP contribution in [0, 0.1) is 0 Å². The molecule has 0 N–H and O–H groups in total. The van der Waals surface area contributed by atoms with Gasteiger partial charge < -0.3 is 4.74 Å². The highest BCUT2D eigenvalue weighted by Gasteiger charge is 2.23. The summed E-state index contributed by atoms with van der Waals surface area (Å²) in [7, 11) is 0. The van der Waals surface area contributed by atoms with Crippen LogP contribution in [0.15, 0.2) is 12.2 Å². The average Bonchev–Trinajstić information content (AvgIpc) is 2.55. The van der Waals surface area contributed by atoms with E-state index < -0.39 is 0 Å². The van der Waals surface area contributed by atoms with Gasteiger partial charge in [-0.15, -0.1) is 11.6 Å². The standard InChI is InChI=1S/C15H27ClO/c1-3-5-6-11-14(16)15-12-8-7-10-13(17-15)9-4-2/h7-8,13-15H,3-6,9-12H2,1-2H3/t13-,14?,15-/m1/s1. The van der Waals surface area contributed by atoms with Gasteiger partial charge in [-0.25, -0.2) is 0 Å². The van der Waals surface area contributed by atoms with Gasteiger partial charge in [-0.2, -0.15) is 0 Å². The molecular formula is C15H27ClO. The molecule has 2 heteroatoms. The van der Waals surface area contributed by atoms with E-state index in [2.05, 4.69) is 26.0 Å². The summed E-state index contributed by atoms with van der Waals surface area (Å²) in [5, 5.41) is 0.184. The van der Waals surface area contributed by atoms with E-state index in [1.165, 1.54) is 25.7 Å². The molecule has 0 radical (unpaired) electrons. The van der Waals surface area contributed by atoms with Crippen molar-refractivity contribution in [1.29, 1.82) is 0 Å².